The number of carbonyl (C=O) groups excluding carboxylic acids is 2. The molecule has 32 heavy (non-hydrogen) atoms. The van der Waals surface area contributed by atoms with E-state index in [1.165, 1.54) is 0 Å². The van der Waals surface area contributed by atoms with Crippen molar-refractivity contribution in [3.63, 3.8) is 0 Å². The standard InChI is InChI=1S/C25H29N5O2/c1-25(2,26)24(32)30-22(13-17-15-29-21-10-6-4-8-19(17)21)23(31)27-12-11-16-14-28-20-9-5-3-7-18(16)20/h3-10,14-15,22,28-29H,11-13,26H2,1-2H3,(H,27,31)(H,30,32)/t22-/m1/s1. The highest BCUT2D eigenvalue weighted by atomic mass is 16.2. The molecular weight excluding hydrogens is 402 g/mol. The highest BCUT2D eigenvalue weighted by molar-refractivity contribution is 5.92. The maximum atomic E-state index is 13.1. The summed E-state index contributed by atoms with van der Waals surface area (Å²) in [6.45, 7) is 3.72. The van der Waals surface area contributed by atoms with Gasteiger partial charge >= 0.3 is 0 Å². The molecular formula is C25H29N5O2. The van der Waals surface area contributed by atoms with Crippen molar-refractivity contribution in [3.05, 3.63) is 72.1 Å². The van der Waals surface area contributed by atoms with Gasteiger partial charge in [-0.3, -0.25) is 9.59 Å². The number of nitrogens with two attached hydrogens (primary N) is 1. The van der Waals surface area contributed by atoms with Crippen LogP contribution in [0.4, 0.5) is 0 Å². The number of amides is 2. The van der Waals surface area contributed by atoms with Gasteiger partial charge in [0.15, 0.2) is 0 Å². The summed E-state index contributed by atoms with van der Waals surface area (Å²) in [7, 11) is 0. The van der Waals surface area contributed by atoms with Gasteiger partial charge in [-0.05, 0) is 43.5 Å². The van der Waals surface area contributed by atoms with Gasteiger partial charge in [-0.2, -0.15) is 0 Å². The first-order valence-electron chi connectivity index (χ1n) is 10.8. The Morgan fingerprint density at radius 1 is 0.938 bits per heavy atom. The van der Waals surface area contributed by atoms with Crippen LogP contribution < -0.4 is 16.4 Å². The molecule has 2 amide bonds. The Bertz CT molecular complexity index is 1250. The summed E-state index contributed by atoms with van der Waals surface area (Å²) in [6.07, 6.45) is 4.91. The van der Waals surface area contributed by atoms with Gasteiger partial charge in [0.25, 0.3) is 0 Å². The second-order valence-electron chi connectivity index (χ2n) is 8.71. The van der Waals surface area contributed by atoms with Crippen LogP contribution in [0.15, 0.2) is 60.9 Å². The van der Waals surface area contributed by atoms with Crippen molar-refractivity contribution >= 4 is 33.6 Å². The van der Waals surface area contributed by atoms with E-state index in [1.807, 2.05) is 54.9 Å². The highest BCUT2D eigenvalue weighted by Gasteiger charge is 2.28. The van der Waals surface area contributed by atoms with Crippen molar-refractivity contribution in [2.24, 2.45) is 5.73 Å². The Balaban J connectivity index is 1.47. The monoisotopic (exact) mass is 431 g/mol. The van der Waals surface area contributed by atoms with Crippen molar-refractivity contribution in [2.75, 3.05) is 6.54 Å². The van der Waals surface area contributed by atoms with E-state index in [2.05, 4.69) is 26.7 Å². The normalized spacial score (nSPS) is 12.7. The van der Waals surface area contributed by atoms with Crippen LogP contribution >= 0.6 is 0 Å². The summed E-state index contributed by atoms with van der Waals surface area (Å²) in [4.78, 5) is 32.1. The van der Waals surface area contributed by atoms with Crippen molar-refractivity contribution in [1.82, 2.24) is 20.6 Å². The molecule has 0 radical (unpaired) electrons. The van der Waals surface area contributed by atoms with E-state index in [4.69, 9.17) is 5.73 Å². The van der Waals surface area contributed by atoms with Crippen molar-refractivity contribution in [1.29, 1.82) is 0 Å². The lowest BCUT2D eigenvalue weighted by Gasteiger charge is -2.24. The lowest BCUT2D eigenvalue weighted by atomic mass is 10.0. The second-order valence-corrected chi connectivity index (χ2v) is 8.71. The first kappa shape index (κ1) is 21.6. The van der Waals surface area contributed by atoms with Gasteiger partial charge < -0.3 is 26.3 Å². The fourth-order valence-electron chi connectivity index (χ4n) is 3.86. The lowest BCUT2D eigenvalue weighted by molar-refractivity contribution is -0.131. The molecule has 7 heteroatoms. The number of aromatic nitrogens is 2. The third-order valence-corrected chi connectivity index (χ3v) is 5.67. The van der Waals surface area contributed by atoms with Crippen molar-refractivity contribution < 1.29 is 9.59 Å². The fraction of sp³-hybridized carbons (Fsp3) is 0.280. The Labute approximate surface area is 186 Å². The molecule has 1 atom stereocenters. The number of para-hydroxylation sites is 2. The maximum absolute atomic E-state index is 13.1. The van der Waals surface area contributed by atoms with Crippen LogP contribution in [0.1, 0.15) is 25.0 Å². The van der Waals surface area contributed by atoms with Crippen LogP contribution in [0.2, 0.25) is 0 Å². The van der Waals surface area contributed by atoms with Crippen LogP contribution in [0.5, 0.6) is 0 Å². The zero-order valence-corrected chi connectivity index (χ0v) is 18.4. The SMILES string of the molecule is CC(C)(N)C(=O)N[C@H](Cc1c[nH]c2ccccc12)C(=O)NCCc1c[nH]c2ccccc12. The van der Waals surface area contributed by atoms with Crippen LogP contribution in [0, 0.1) is 0 Å². The Morgan fingerprint density at radius 2 is 1.50 bits per heavy atom. The first-order chi connectivity index (χ1) is 15.3. The predicted molar refractivity (Wildman–Crippen MR) is 127 cm³/mol. The third kappa shape index (κ3) is 4.68. The van der Waals surface area contributed by atoms with Gasteiger partial charge in [-0.15, -0.1) is 0 Å². The van der Waals surface area contributed by atoms with Gasteiger partial charge in [0.1, 0.15) is 6.04 Å². The molecule has 0 fully saturated rings. The van der Waals surface area contributed by atoms with E-state index in [-0.39, 0.29) is 11.8 Å². The Morgan fingerprint density at radius 3 is 2.12 bits per heavy atom. The number of aromatic amines is 2. The summed E-state index contributed by atoms with van der Waals surface area (Å²) in [5.41, 5.74) is 9.04. The molecule has 0 aliphatic rings. The first-order valence-corrected chi connectivity index (χ1v) is 10.8. The molecule has 2 aromatic heterocycles. The summed E-state index contributed by atoms with van der Waals surface area (Å²) >= 11 is 0. The van der Waals surface area contributed by atoms with Gasteiger partial charge in [0.05, 0.1) is 5.54 Å². The van der Waals surface area contributed by atoms with E-state index < -0.39 is 11.6 Å². The molecule has 6 N–H and O–H groups in total. The van der Waals surface area contributed by atoms with Crippen LogP contribution in [0.3, 0.4) is 0 Å². The number of fused-ring (bicyclic) bond motifs is 2. The minimum absolute atomic E-state index is 0.229. The number of nitrogens with one attached hydrogen (secondary N) is 4. The number of hydrogen-bond acceptors (Lipinski definition) is 3. The van der Waals surface area contributed by atoms with Gasteiger partial charge in [-0.1, -0.05) is 36.4 Å². The molecule has 0 aliphatic heterocycles. The zero-order valence-electron chi connectivity index (χ0n) is 18.4. The molecule has 166 valence electrons. The van der Waals surface area contributed by atoms with E-state index in [0.717, 1.165) is 32.9 Å². The van der Waals surface area contributed by atoms with Crippen LogP contribution in [-0.2, 0) is 22.4 Å². The summed E-state index contributed by atoms with van der Waals surface area (Å²) < 4.78 is 0. The largest absolute Gasteiger partial charge is 0.361 e. The smallest absolute Gasteiger partial charge is 0.242 e. The Kier molecular flexibility index (Phi) is 6.01. The molecule has 2 heterocycles. The topological polar surface area (TPSA) is 116 Å². The van der Waals surface area contributed by atoms with Gasteiger partial charge in [0, 0.05) is 47.2 Å². The minimum atomic E-state index is -1.08. The lowest BCUT2D eigenvalue weighted by Crippen LogP contribution is -2.56. The minimum Gasteiger partial charge on any atom is -0.361 e. The number of benzene rings is 2. The van der Waals surface area contributed by atoms with Crippen LogP contribution in [-0.4, -0.2) is 39.9 Å². The average Bonchev–Trinajstić information content (AvgIpc) is 3.37. The number of carbonyl (C=O) groups is 2. The van der Waals surface area contributed by atoms with E-state index >= 15 is 0 Å². The summed E-state index contributed by atoms with van der Waals surface area (Å²) in [5.74, 6) is -0.596. The Hall–Kier alpha value is -3.58. The molecule has 4 aromatic rings. The third-order valence-electron chi connectivity index (χ3n) is 5.67. The molecule has 0 saturated heterocycles. The van der Waals surface area contributed by atoms with Crippen LogP contribution in [0.25, 0.3) is 21.8 Å². The zero-order chi connectivity index (χ0) is 22.7. The number of hydrogen-bond donors (Lipinski definition) is 5. The molecule has 0 aliphatic carbocycles. The molecule has 0 unspecified atom stereocenters. The molecule has 0 saturated carbocycles. The van der Waals surface area contributed by atoms with Gasteiger partial charge in [-0.25, -0.2) is 0 Å². The predicted octanol–water partition coefficient (Wildman–Crippen LogP) is 2.77. The fourth-order valence-corrected chi connectivity index (χ4v) is 3.86. The summed E-state index contributed by atoms with van der Waals surface area (Å²) in [5, 5.41) is 8.00. The number of H-pyrrole nitrogens is 2. The molecule has 2 aromatic carbocycles. The number of rotatable bonds is 8. The van der Waals surface area contributed by atoms with Crippen molar-refractivity contribution in [3.8, 4) is 0 Å². The molecule has 7 nitrogen and oxygen atoms in total. The van der Waals surface area contributed by atoms with E-state index in [1.54, 1.807) is 13.8 Å². The molecule has 4 rings (SSSR count). The van der Waals surface area contributed by atoms with E-state index in [0.29, 0.717) is 19.4 Å². The average molecular weight is 432 g/mol. The molecule has 0 bridgehead atoms. The second kappa shape index (κ2) is 8.88. The summed E-state index contributed by atoms with van der Waals surface area (Å²) in [6, 6.07) is 15.2. The quantitative estimate of drug-likeness (QED) is 0.295. The molecule has 0 spiro atoms. The van der Waals surface area contributed by atoms with Crippen molar-refractivity contribution in [2.45, 2.75) is 38.3 Å². The van der Waals surface area contributed by atoms with Gasteiger partial charge in [0.2, 0.25) is 11.8 Å². The van der Waals surface area contributed by atoms with E-state index in [9.17, 15) is 9.59 Å². The maximum Gasteiger partial charge on any atom is 0.242 e. The highest BCUT2D eigenvalue weighted by Crippen LogP contribution is 2.20.